The van der Waals surface area contributed by atoms with E-state index in [1.807, 2.05) is 36.9 Å². The van der Waals surface area contributed by atoms with E-state index >= 15 is 0 Å². The monoisotopic (exact) mass is 426 g/mol. The molecule has 1 aromatic heterocycles. The van der Waals surface area contributed by atoms with E-state index in [4.69, 9.17) is 5.73 Å². The van der Waals surface area contributed by atoms with E-state index in [0.29, 0.717) is 17.3 Å². The molecule has 0 spiro atoms. The molecule has 1 saturated heterocycles. The molecule has 0 bridgehead atoms. The first-order valence-corrected chi connectivity index (χ1v) is 8.07. The number of rotatable bonds is 3. The first-order chi connectivity index (χ1) is 9.90. The number of aromatic nitrogens is 1. The van der Waals surface area contributed by atoms with Gasteiger partial charge in [0.15, 0.2) is 0 Å². The first kappa shape index (κ1) is 22.4. The van der Waals surface area contributed by atoms with Gasteiger partial charge in [0, 0.05) is 43.9 Å². The molecule has 2 heterocycles. The summed E-state index contributed by atoms with van der Waals surface area (Å²) < 4.78 is 0.817. The van der Waals surface area contributed by atoms with Gasteiger partial charge in [-0.2, -0.15) is 0 Å². The maximum absolute atomic E-state index is 12.8. The number of piperidine rings is 1. The van der Waals surface area contributed by atoms with Crippen LogP contribution < -0.4 is 10.6 Å². The van der Waals surface area contributed by atoms with Crippen LogP contribution in [0.3, 0.4) is 0 Å². The molecule has 1 aliphatic heterocycles. The summed E-state index contributed by atoms with van der Waals surface area (Å²) in [6, 6.07) is 1.97. The minimum absolute atomic E-state index is 0. The molecule has 0 radical (unpaired) electrons. The molecular formula is C15H25BrCl2N4O. The third-order valence-electron chi connectivity index (χ3n) is 3.98. The summed E-state index contributed by atoms with van der Waals surface area (Å²) in [4.78, 5) is 21.0. The van der Waals surface area contributed by atoms with Crippen LogP contribution in [0.15, 0.2) is 16.7 Å². The number of likely N-dealkylation sites (tertiary alicyclic amines) is 1. The van der Waals surface area contributed by atoms with Crippen molar-refractivity contribution in [2.45, 2.75) is 25.8 Å². The van der Waals surface area contributed by atoms with Crippen molar-refractivity contribution < 1.29 is 4.79 Å². The van der Waals surface area contributed by atoms with E-state index in [0.717, 1.165) is 30.4 Å². The van der Waals surface area contributed by atoms with Crippen molar-refractivity contribution >= 4 is 52.5 Å². The number of anilines is 1. The maximum atomic E-state index is 12.8. The third-order valence-corrected chi connectivity index (χ3v) is 4.41. The Hall–Kier alpha value is -0.560. The SMILES string of the molecule is CC(N)C1CCCN(C(=O)c2cc(Br)cnc2N(C)C)C1.Cl.Cl. The zero-order chi connectivity index (χ0) is 15.6. The topological polar surface area (TPSA) is 62.5 Å². The summed E-state index contributed by atoms with van der Waals surface area (Å²) in [6.07, 6.45) is 3.82. The molecule has 1 amide bonds. The highest BCUT2D eigenvalue weighted by Gasteiger charge is 2.28. The number of hydrogen-bond acceptors (Lipinski definition) is 4. The van der Waals surface area contributed by atoms with E-state index in [1.165, 1.54) is 0 Å². The van der Waals surface area contributed by atoms with Gasteiger partial charge in [0.1, 0.15) is 5.82 Å². The highest BCUT2D eigenvalue weighted by Crippen LogP contribution is 2.25. The van der Waals surface area contributed by atoms with Crippen molar-refractivity contribution in [3.63, 3.8) is 0 Å². The molecular weight excluding hydrogens is 403 g/mol. The average Bonchev–Trinajstić information content (AvgIpc) is 2.46. The van der Waals surface area contributed by atoms with Gasteiger partial charge in [-0.1, -0.05) is 0 Å². The minimum Gasteiger partial charge on any atom is -0.362 e. The van der Waals surface area contributed by atoms with Crippen molar-refractivity contribution in [1.29, 1.82) is 0 Å². The van der Waals surface area contributed by atoms with E-state index < -0.39 is 0 Å². The zero-order valence-electron chi connectivity index (χ0n) is 13.7. The summed E-state index contributed by atoms with van der Waals surface area (Å²) in [5, 5.41) is 0. The number of hydrogen-bond donors (Lipinski definition) is 1. The summed E-state index contributed by atoms with van der Waals surface area (Å²) in [7, 11) is 3.79. The Morgan fingerprint density at radius 1 is 1.48 bits per heavy atom. The fraction of sp³-hybridized carbons (Fsp3) is 0.600. The lowest BCUT2D eigenvalue weighted by molar-refractivity contribution is 0.0661. The van der Waals surface area contributed by atoms with Gasteiger partial charge in [-0.25, -0.2) is 4.98 Å². The maximum Gasteiger partial charge on any atom is 0.257 e. The fourth-order valence-corrected chi connectivity index (χ4v) is 3.07. The lowest BCUT2D eigenvalue weighted by Gasteiger charge is -2.35. The standard InChI is InChI=1S/C15H23BrN4O.2ClH/c1-10(17)11-5-4-6-20(9-11)15(21)13-7-12(16)8-18-14(13)19(2)3;;/h7-8,10-11H,4-6,9,17H2,1-3H3;2*1H. The van der Waals surface area contributed by atoms with Crippen LogP contribution in [0, 0.1) is 5.92 Å². The Labute approximate surface area is 158 Å². The molecule has 2 rings (SSSR count). The summed E-state index contributed by atoms with van der Waals surface area (Å²) in [6.45, 7) is 3.54. The Bertz CT molecular complexity index is 528. The predicted molar refractivity (Wildman–Crippen MR) is 103 cm³/mol. The van der Waals surface area contributed by atoms with E-state index in [9.17, 15) is 4.79 Å². The minimum atomic E-state index is 0. The molecule has 0 saturated carbocycles. The van der Waals surface area contributed by atoms with E-state index in [2.05, 4.69) is 20.9 Å². The van der Waals surface area contributed by atoms with Gasteiger partial charge in [-0.05, 0) is 47.7 Å². The van der Waals surface area contributed by atoms with Crippen molar-refractivity contribution in [2.24, 2.45) is 11.7 Å². The molecule has 0 aromatic carbocycles. The van der Waals surface area contributed by atoms with Gasteiger partial charge in [-0.3, -0.25) is 4.79 Å². The third kappa shape index (κ3) is 5.48. The molecule has 1 fully saturated rings. The van der Waals surface area contributed by atoms with Gasteiger partial charge in [0.25, 0.3) is 5.91 Å². The van der Waals surface area contributed by atoms with Crippen LogP contribution in [0.25, 0.3) is 0 Å². The fourth-order valence-electron chi connectivity index (χ4n) is 2.74. The Morgan fingerprint density at radius 3 is 2.70 bits per heavy atom. The number of carbonyl (C=O) groups is 1. The summed E-state index contributed by atoms with van der Waals surface area (Å²) in [5.74, 6) is 1.12. The predicted octanol–water partition coefficient (Wildman–Crippen LogP) is 2.95. The quantitative estimate of drug-likeness (QED) is 0.805. The Morgan fingerprint density at radius 2 is 2.13 bits per heavy atom. The summed E-state index contributed by atoms with van der Waals surface area (Å²) >= 11 is 3.40. The normalized spacial score (nSPS) is 18.5. The molecule has 8 heteroatoms. The van der Waals surface area contributed by atoms with Gasteiger partial charge in [0.2, 0.25) is 0 Å². The van der Waals surface area contributed by atoms with Crippen LogP contribution in [0.2, 0.25) is 0 Å². The second kappa shape index (κ2) is 9.67. The largest absolute Gasteiger partial charge is 0.362 e. The van der Waals surface area contributed by atoms with Crippen LogP contribution in [-0.2, 0) is 0 Å². The average molecular weight is 428 g/mol. The van der Waals surface area contributed by atoms with Crippen LogP contribution in [0.5, 0.6) is 0 Å². The molecule has 23 heavy (non-hydrogen) atoms. The van der Waals surface area contributed by atoms with Gasteiger partial charge in [-0.15, -0.1) is 24.8 Å². The Kier molecular flexibility index (Phi) is 9.43. The zero-order valence-corrected chi connectivity index (χ0v) is 16.9. The molecule has 2 unspecified atom stereocenters. The van der Waals surface area contributed by atoms with E-state index in [1.54, 1.807) is 6.20 Å². The molecule has 1 aliphatic rings. The number of nitrogens with zero attached hydrogens (tertiary/aromatic N) is 3. The van der Waals surface area contributed by atoms with Crippen LogP contribution in [-0.4, -0.2) is 49.0 Å². The molecule has 2 atom stereocenters. The second-order valence-corrected chi connectivity index (χ2v) is 6.85. The second-order valence-electron chi connectivity index (χ2n) is 5.93. The molecule has 2 N–H and O–H groups in total. The summed E-state index contributed by atoms with van der Waals surface area (Å²) in [5.41, 5.74) is 6.64. The van der Waals surface area contributed by atoms with Crippen LogP contribution in [0.1, 0.15) is 30.1 Å². The number of halogens is 3. The van der Waals surface area contributed by atoms with Gasteiger partial charge >= 0.3 is 0 Å². The number of pyridine rings is 1. The molecule has 5 nitrogen and oxygen atoms in total. The lowest BCUT2D eigenvalue weighted by Crippen LogP contribution is -2.45. The highest BCUT2D eigenvalue weighted by atomic mass is 79.9. The van der Waals surface area contributed by atoms with Crippen molar-refractivity contribution in [2.75, 3.05) is 32.1 Å². The number of amides is 1. The lowest BCUT2D eigenvalue weighted by atomic mass is 9.92. The first-order valence-electron chi connectivity index (χ1n) is 7.28. The van der Waals surface area contributed by atoms with Crippen LogP contribution in [0.4, 0.5) is 5.82 Å². The molecule has 1 aromatic rings. The van der Waals surface area contributed by atoms with Crippen molar-refractivity contribution in [1.82, 2.24) is 9.88 Å². The number of nitrogens with two attached hydrogens (primary N) is 1. The Balaban J connectivity index is 0.00000242. The van der Waals surface area contributed by atoms with Gasteiger partial charge in [0.05, 0.1) is 5.56 Å². The van der Waals surface area contributed by atoms with Gasteiger partial charge < -0.3 is 15.5 Å². The van der Waals surface area contributed by atoms with Crippen LogP contribution >= 0.6 is 40.7 Å². The van der Waals surface area contributed by atoms with Crippen molar-refractivity contribution in [3.05, 3.63) is 22.3 Å². The highest BCUT2D eigenvalue weighted by molar-refractivity contribution is 9.10. The van der Waals surface area contributed by atoms with Crippen molar-refractivity contribution in [3.8, 4) is 0 Å². The smallest absolute Gasteiger partial charge is 0.257 e. The van der Waals surface area contributed by atoms with E-state index in [-0.39, 0.29) is 36.8 Å². The molecule has 132 valence electrons. The number of carbonyl (C=O) groups excluding carboxylic acids is 1. The molecule has 0 aliphatic carbocycles.